The van der Waals surface area contributed by atoms with E-state index in [0.29, 0.717) is 19.3 Å². The molecule has 0 unspecified atom stereocenters. The van der Waals surface area contributed by atoms with Crippen molar-refractivity contribution in [2.45, 2.75) is 38.7 Å². The van der Waals surface area contributed by atoms with E-state index >= 15 is 0 Å². The minimum atomic E-state index is -0.726. The largest absolute Gasteiger partial charge is 0.390 e. The first kappa shape index (κ1) is 12.7. The summed E-state index contributed by atoms with van der Waals surface area (Å²) in [4.78, 5) is 0. The molecule has 0 amide bonds. The standard InChI is InChI=1S/C12H16BrFO/c1-3-12(15,4-2)8-9-7-10(14)5-6-11(9)13/h5-7,15H,3-4,8H2,1-2H3. The van der Waals surface area contributed by atoms with Gasteiger partial charge in [0.2, 0.25) is 0 Å². The van der Waals surface area contributed by atoms with Crippen LogP contribution in [0.3, 0.4) is 0 Å². The van der Waals surface area contributed by atoms with Gasteiger partial charge in [0.25, 0.3) is 0 Å². The fourth-order valence-electron chi connectivity index (χ4n) is 1.53. The number of hydrogen-bond acceptors (Lipinski definition) is 1. The van der Waals surface area contributed by atoms with Gasteiger partial charge in [-0.1, -0.05) is 29.8 Å². The van der Waals surface area contributed by atoms with E-state index < -0.39 is 5.60 Å². The molecule has 0 atom stereocenters. The lowest BCUT2D eigenvalue weighted by molar-refractivity contribution is 0.0324. The minimum absolute atomic E-state index is 0.261. The molecule has 1 aromatic rings. The number of benzene rings is 1. The van der Waals surface area contributed by atoms with Crippen LogP contribution in [0, 0.1) is 5.82 Å². The second-order valence-electron chi connectivity index (χ2n) is 3.84. The highest BCUT2D eigenvalue weighted by molar-refractivity contribution is 9.10. The third kappa shape index (κ3) is 3.28. The van der Waals surface area contributed by atoms with Gasteiger partial charge in [-0.25, -0.2) is 4.39 Å². The third-order valence-electron chi connectivity index (χ3n) is 2.84. The fourth-order valence-corrected chi connectivity index (χ4v) is 1.92. The monoisotopic (exact) mass is 274 g/mol. The molecule has 1 N–H and O–H groups in total. The van der Waals surface area contributed by atoms with Crippen molar-refractivity contribution in [1.82, 2.24) is 0 Å². The van der Waals surface area contributed by atoms with Crippen LogP contribution in [0.4, 0.5) is 4.39 Å². The smallest absolute Gasteiger partial charge is 0.123 e. The molecule has 0 heterocycles. The van der Waals surface area contributed by atoms with Crippen LogP contribution in [-0.4, -0.2) is 10.7 Å². The van der Waals surface area contributed by atoms with Gasteiger partial charge in [0.05, 0.1) is 5.60 Å². The Morgan fingerprint density at radius 3 is 2.47 bits per heavy atom. The summed E-state index contributed by atoms with van der Waals surface area (Å²) in [6.45, 7) is 3.88. The van der Waals surface area contributed by atoms with E-state index in [0.717, 1.165) is 10.0 Å². The zero-order valence-corrected chi connectivity index (χ0v) is 10.6. The molecule has 3 heteroatoms. The van der Waals surface area contributed by atoms with E-state index in [9.17, 15) is 9.50 Å². The zero-order valence-electron chi connectivity index (χ0n) is 9.06. The predicted molar refractivity (Wildman–Crippen MR) is 63.3 cm³/mol. The van der Waals surface area contributed by atoms with Crippen LogP contribution in [0.2, 0.25) is 0 Å². The summed E-state index contributed by atoms with van der Waals surface area (Å²) in [5, 5.41) is 10.2. The van der Waals surface area contributed by atoms with Crippen molar-refractivity contribution < 1.29 is 9.50 Å². The van der Waals surface area contributed by atoms with Crippen LogP contribution >= 0.6 is 15.9 Å². The highest BCUT2D eigenvalue weighted by Crippen LogP contribution is 2.26. The molecule has 1 nitrogen and oxygen atoms in total. The Balaban J connectivity index is 2.92. The van der Waals surface area contributed by atoms with E-state index in [1.807, 2.05) is 13.8 Å². The highest BCUT2D eigenvalue weighted by atomic mass is 79.9. The lowest BCUT2D eigenvalue weighted by Gasteiger charge is -2.25. The first-order valence-corrected chi connectivity index (χ1v) is 5.96. The second-order valence-corrected chi connectivity index (χ2v) is 4.70. The molecule has 0 radical (unpaired) electrons. The van der Waals surface area contributed by atoms with Gasteiger partial charge in [-0.05, 0) is 36.6 Å². The molecule has 0 bridgehead atoms. The predicted octanol–water partition coefficient (Wildman–Crippen LogP) is 3.68. The molecule has 1 aromatic carbocycles. The molecule has 84 valence electrons. The average Bonchev–Trinajstić information content (AvgIpc) is 2.23. The molecule has 0 spiro atoms. The average molecular weight is 275 g/mol. The molecular weight excluding hydrogens is 259 g/mol. The van der Waals surface area contributed by atoms with Crippen LogP contribution in [0.25, 0.3) is 0 Å². The van der Waals surface area contributed by atoms with Crippen molar-refractivity contribution in [1.29, 1.82) is 0 Å². The Hall–Kier alpha value is -0.410. The van der Waals surface area contributed by atoms with Crippen molar-refractivity contribution in [3.05, 3.63) is 34.1 Å². The molecule has 0 aliphatic carbocycles. The summed E-state index contributed by atoms with van der Waals surface area (Å²) in [5.74, 6) is -0.261. The van der Waals surface area contributed by atoms with Crippen molar-refractivity contribution >= 4 is 15.9 Å². The van der Waals surface area contributed by atoms with Gasteiger partial charge in [0.1, 0.15) is 5.82 Å². The molecule has 0 aliphatic rings. The van der Waals surface area contributed by atoms with Gasteiger partial charge in [-0.15, -0.1) is 0 Å². The Morgan fingerprint density at radius 2 is 1.93 bits per heavy atom. The lowest BCUT2D eigenvalue weighted by Crippen LogP contribution is -2.29. The molecule has 0 aromatic heterocycles. The van der Waals surface area contributed by atoms with Crippen molar-refractivity contribution in [2.75, 3.05) is 0 Å². The van der Waals surface area contributed by atoms with Crippen LogP contribution in [0.5, 0.6) is 0 Å². The van der Waals surface area contributed by atoms with Crippen molar-refractivity contribution in [2.24, 2.45) is 0 Å². The van der Waals surface area contributed by atoms with Crippen LogP contribution in [-0.2, 0) is 6.42 Å². The second kappa shape index (κ2) is 5.08. The molecule has 1 rings (SSSR count). The van der Waals surface area contributed by atoms with Gasteiger partial charge in [0.15, 0.2) is 0 Å². The van der Waals surface area contributed by atoms with Gasteiger partial charge in [-0.3, -0.25) is 0 Å². The molecule has 15 heavy (non-hydrogen) atoms. The lowest BCUT2D eigenvalue weighted by atomic mass is 9.89. The highest BCUT2D eigenvalue weighted by Gasteiger charge is 2.23. The molecular formula is C12H16BrFO. The van der Waals surface area contributed by atoms with Crippen molar-refractivity contribution in [3.8, 4) is 0 Å². The SMILES string of the molecule is CCC(O)(CC)Cc1cc(F)ccc1Br. The first-order valence-electron chi connectivity index (χ1n) is 5.17. The van der Waals surface area contributed by atoms with Gasteiger partial charge < -0.3 is 5.11 Å². The zero-order chi connectivity index (χ0) is 11.5. The normalized spacial score (nSPS) is 11.8. The number of aliphatic hydroxyl groups is 1. The Morgan fingerprint density at radius 1 is 1.33 bits per heavy atom. The first-order chi connectivity index (χ1) is 7.00. The summed E-state index contributed by atoms with van der Waals surface area (Å²) >= 11 is 3.36. The molecule has 0 saturated heterocycles. The topological polar surface area (TPSA) is 20.2 Å². The Kier molecular flexibility index (Phi) is 4.29. The van der Waals surface area contributed by atoms with Gasteiger partial charge in [0, 0.05) is 10.9 Å². The Labute approximate surface area is 98.4 Å². The molecule has 0 aliphatic heterocycles. The molecule has 0 saturated carbocycles. The van der Waals surface area contributed by atoms with E-state index in [1.165, 1.54) is 12.1 Å². The maximum absolute atomic E-state index is 13.0. The quantitative estimate of drug-likeness (QED) is 0.888. The number of rotatable bonds is 4. The van der Waals surface area contributed by atoms with Crippen LogP contribution in [0.1, 0.15) is 32.3 Å². The minimum Gasteiger partial charge on any atom is -0.390 e. The number of halogens is 2. The summed E-state index contributed by atoms with van der Waals surface area (Å²) < 4.78 is 13.9. The fraction of sp³-hybridized carbons (Fsp3) is 0.500. The maximum atomic E-state index is 13.0. The van der Waals surface area contributed by atoms with E-state index in [-0.39, 0.29) is 5.82 Å². The van der Waals surface area contributed by atoms with E-state index in [2.05, 4.69) is 15.9 Å². The van der Waals surface area contributed by atoms with E-state index in [4.69, 9.17) is 0 Å². The summed E-state index contributed by atoms with van der Waals surface area (Å²) in [7, 11) is 0. The number of hydrogen-bond donors (Lipinski definition) is 1. The summed E-state index contributed by atoms with van der Waals surface area (Å²) in [5.41, 5.74) is 0.0947. The van der Waals surface area contributed by atoms with E-state index in [1.54, 1.807) is 6.07 Å². The summed E-state index contributed by atoms with van der Waals surface area (Å²) in [6.07, 6.45) is 1.83. The van der Waals surface area contributed by atoms with Gasteiger partial charge in [-0.2, -0.15) is 0 Å². The summed E-state index contributed by atoms with van der Waals surface area (Å²) in [6, 6.07) is 4.56. The van der Waals surface area contributed by atoms with Gasteiger partial charge >= 0.3 is 0 Å². The maximum Gasteiger partial charge on any atom is 0.123 e. The van der Waals surface area contributed by atoms with Crippen molar-refractivity contribution in [3.63, 3.8) is 0 Å². The van der Waals surface area contributed by atoms with Crippen LogP contribution < -0.4 is 0 Å². The molecule has 0 fully saturated rings. The Bertz CT molecular complexity index is 334. The van der Waals surface area contributed by atoms with Crippen LogP contribution in [0.15, 0.2) is 22.7 Å². The third-order valence-corrected chi connectivity index (χ3v) is 3.62.